The Morgan fingerprint density at radius 2 is 1.43 bits per heavy atom. The van der Waals surface area contributed by atoms with E-state index in [1.807, 2.05) is 63.2 Å². The third-order valence-electron chi connectivity index (χ3n) is 8.80. The van der Waals surface area contributed by atoms with Crippen LogP contribution < -0.4 is 20.1 Å². The topological polar surface area (TPSA) is 114 Å². The standard InChI is InChI=1S/C38H48N2O6/c1-6-10-15-22-46-31-21-20-27(23-32(31)45-9-4)33-34(36(42)39-28-18-13-11-16-25(28)7-2)30(41)24-38(5,44)35(33)37(43)40-29-19-14-12-17-26(29)8-3/h11-14,16-21,23,33-35,44H,6-10,15,22,24H2,1-5H3,(H,39,42)(H,40,43). The molecule has 4 atom stereocenters. The van der Waals surface area contributed by atoms with Gasteiger partial charge in [-0.05, 0) is 74.1 Å². The summed E-state index contributed by atoms with van der Waals surface area (Å²) in [5, 5.41) is 17.8. The van der Waals surface area contributed by atoms with Crippen LogP contribution in [-0.4, -0.2) is 41.5 Å². The molecule has 46 heavy (non-hydrogen) atoms. The van der Waals surface area contributed by atoms with Gasteiger partial charge in [0.1, 0.15) is 11.7 Å². The van der Waals surface area contributed by atoms with Crippen LogP contribution in [-0.2, 0) is 27.2 Å². The summed E-state index contributed by atoms with van der Waals surface area (Å²) in [5.74, 6) is -3.79. The number of hydrogen-bond acceptors (Lipinski definition) is 6. The first-order chi connectivity index (χ1) is 22.1. The molecule has 1 aliphatic rings. The molecule has 3 aromatic rings. The summed E-state index contributed by atoms with van der Waals surface area (Å²) >= 11 is 0. The third-order valence-corrected chi connectivity index (χ3v) is 8.80. The lowest BCUT2D eigenvalue weighted by Crippen LogP contribution is -2.56. The van der Waals surface area contributed by atoms with Gasteiger partial charge >= 0.3 is 0 Å². The number of rotatable bonds is 14. The van der Waals surface area contributed by atoms with E-state index in [-0.39, 0.29) is 6.42 Å². The van der Waals surface area contributed by atoms with Crippen molar-refractivity contribution in [1.82, 2.24) is 0 Å². The highest BCUT2D eigenvalue weighted by Gasteiger charge is 2.56. The zero-order chi connectivity index (χ0) is 33.3. The minimum absolute atomic E-state index is 0.346. The van der Waals surface area contributed by atoms with Gasteiger partial charge in [-0.15, -0.1) is 0 Å². The SMILES string of the molecule is CCCCCOc1ccc(C2C(C(=O)Nc3ccccc3CC)C(=O)CC(C)(O)C2C(=O)Nc2ccccc2CC)cc1OCC. The predicted molar refractivity (Wildman–Crippen MR) is 181 cm³/mol. The predicted octanol–water partition coefficient (Wildman–Crippen LogP) is 7.10. The molecule has 8 nitrogen and oxygen atoms in total. The number of nitrogens with one attached hydrogen (secondary N) is 2. The molecule has 0 saturated heterocycles. The van der Waals surface area contributed by atoms with Crippen molar-refractivity contribution in [1.29, 1.82) is 0 Å². The highest BCUT2D eigenvalue weighted by atomic mass is 16.5. The number of ether oxygens (including phenoxy) is 2. The lowest BCUT2D eigenvalue weighted by atomic mass is 9.61. The smallest absolute Gasteiger partial charge is 0.235 e. The number of aryl methyl sites for hydroxylation is 2. The Bertz CT molecular complexity index is 1520. The molecule has 4 rings (SSSR count). The molecule has 3 aromatic carbocycles. The van der Waals surface area contributed by atoms with Crippen LogP contribution in [0.5, 0.6) is 11.5 Å². The second kappa shape index (κ2) is 15.9. The third kappa shape index (κ3) is 7.97. The van der Waals surface area contributed by atoms with Crippen LogP contribution in [0.4, 0.5) is 11.4 Å². The fraction of sp³-hybridized carbons (Fsp3) is 0.447. The second-order valence-electron chi connectivity index (χ2n) is 12.2. The number of Topliss-reactive ketones (excluding diaryl/α,β-unsaturated/α-hetero) is 1. The number of hydrogen-bond donors (Lipinski definition) is 3. The van der Waals surface area contributed by atoms with Crippen LogP contribution >= 0.6 is 0 Å². The molecule has 0 aromatic heterocycles. The van der Waals surface area contributed by atoms with Crippen molar-refractivity contribution in [3.63, 3.8) is 0 Å². The average molecular weight is 629 g/mol. The molecule has 0 spiro atoms. The van der Waals surface area contributed by atoms with E-state index in [9.17, 15) is 19.5 Å². The van der Waals surface area contributed by atoms with E-state index in [0.29, 0.717) is 54.5 Å². The van der Waals surface area contributed by atoms with E-state index in [4.69, 9.17) is 9.47 Å². The maximum atomic E-state index is 14.3. The van der Waals surface area contributed by atoms with E-state index in [0.717, 1.165) is 30.4 Å². The Morgan fingerprint density at radius 1 is 0.826 bits per heavy atom. The van der Waals surface area contributed by atoms with Gasteiger partial charge in [-0.25, -0.2) is 0 Å². The maximum absolute atomic E-state index is 14.3. The van der Waals surface area contributed by atoms with Gasteiger partial charge in [0.25, 0.3) is 0 Å². The average Bonchev–Trinajstić information content (AvgIpc) is 3.03. The number of amides is 2. The molecule has 1 saturated carbocycles. The summed E-state index contributed by atoms with van der Waals surface area (Å²) in [6.45, 7) is 10.4. The highest BCUT2D eigenvalue weighted by Crippen LogP contribution is 2.48. The number of benzene rings is 3. The van der Waals surface area contributed by atoms with Gasteiger partial charge in [-0.1, -0.05) is 76.1 Å². The summed E-state index contributed by atoms with van der Waals surface area (Å²) in [4.78, 5) is 42.3. The minimum Gasteiger partial charge on any atom is -0.490 e. The molecule has 0 bridgehead atoms. The number of aliphatic hydroxyl groups is 1. The summed E-state index contributed by atoms with van der Waals surface area (Å²) in [6, 6.07) is 20.2. The summed E-state index contributed by atoms with van der Waals surface area (Å²) in [7, 11) is 0. The van der Waals surface area contributed by atoms with Crippen LogP contribution in [0, 0.1) is 11.8 Å². The van der Waals surface area contributed by atoms with Gasteiger partial charge < -0.3 is 25.2 Å². The fourth-order valence-electron chi connectivity index (χ4n) is 6.47. The summed E-state index contributed by atoms with van der Waals surface area (Å²) in [5.41, 5.74) is 1.91. The normalized spacial score (nSPS) is 21.0. The summed E-state index contributed by atoms with van der Waals surface area (Å²) in [6.07, 6.45) is 4.03. The number of unbranched alkanes of at least 4 members (excludes halogenated alkanes) is 2. The second-order valence-corrected chi connectivity index (χ2v) is 12.2. The zero-order valence-corrected chi connectivity index (χ0v) is 27.7. The van der Waals surface area contributed by atoms with Crippen LogP contribution in [0.3, 0.4) is 0 Å². The number of carbonyl (C=O) groups excluding carboxylic acids is 3. The van der Waals surface area contributed by atoms with Crippen LogP contribution in [0.1, 0.15) is 82.9 Å². The Balaban J connectivity index is 1.82. The van der Waals surface area contributed by atoms with Crippen molar-refractivity contribution in [3.05, 3.63) is 83.4 Å². The first-order valence-electron chi connectivity index (χ1n) is 16.6. The molecule has 4 unspecified atom stereocenters. The molecule has 0 aliphatic heterocycles. The van der Waals surface area contributed by atoms with E-state index >= 15 is 0 Å². The number of anilines is 2. The lowest BCUT2D eigenvalue weighted by Gasteiger charge is -2.44. The quantitative estimate of drug-likeness (QED) is 0.130. The Kier molecular flexibility index (Phi) is 12.0. The lowest BCUT2D eigenvalue weighted by molar-refractivity contribution is -0.150. The minimum atomic E-state index is -1.73. The molecule has 0 radical (unpaired) electrons. The molecule has 1 aliphatic carbocycles. The van der Waals surface area contributed by atoms with Gasteiger partial charge in [-0.2, -0.15) is 0 Å². The molecule has 246 valence electrons. The first-order valence-corrected chi connectivity index (χ1v) is 16.6. The molecule has 1 fully saturated rings. The van der Waals surface area contributed by atoms with Crippen molar-refractivity contribution in [2.75, 3.05) is 23.8 Å². The largest absolute Gasteiger partial charge is 0.490 e. The number of carbonyl (C=O) groups is 3. The summed E-state index contributed by atoms with van der Waals surface area (Å²) < 4.78 is 12.0. The molecule has 3 N–H and O–H groups in total. The van der Waals surface area contributed by atoms with Crippen LogP contribution in [0.15, 0.2) is 66.7 Å². The highest BCUT2D eigenvalue weighted by molar-refractivity contribution is 6.10. The van der Waals surface area contributed by atoms with E-state index in [1.165, 1.54) is 6.92 Å². The molecular weight excluding hydrogens is 580 g/mol. The van der Waals surface area contributed by atoms with Gasteiger partial charge in [0.15, 0.2) is 11.5 Å². The molecular formula is C38H48N2O6. The fourth-order valence-corrected chi connectivity index (χ4v) is 6.47. The van der Waals surface area contributed by atoms with Gasteiger partial charge in [0, 0.05) is 23.7 Å². The van der Waals surface area contributed by atoms with Crippen LogP contribution in [0.25, 0.3) is 0 Å². The molecule has 8 heteroatoms. The Labute approximate surface area is 272 Å². The van der Waals surface area contributed by atoms with E-state index < -0.39 is 41.0 Å². The van der Waals surface area contributed by atoms with E-state index in [2.05, 4.69) is 17.6 Å². The van der Waals surface area contributed by atoms with Crippen molar-refractivity contribution in [3.8, 4) is 11.5 Å². The zero-order valence-electron chi connectivity index (χ0n) is 27.7. The number of para-hydroxylation sites is 2. The van der Waals surface area contributed by atoms with E-state index in [1.54, 1.807) is 24.3 Å². The monoisotopic (exact) mass is 628 g/mol. The van der Waals surface area contributed by atoms with Crippen molar-refractivity contribution < 1.29 is 29.0 Å². The van der Waals surface area contributed by atoms with Crippen molar-refractivity contribution in [2.24, 2.45) is 11.8 Å². The number of ketones is 1. The van der Waals surface area contributed by atoms with Gasteiger partial charge in [0.2, 0.25) is 11.8 Å². The first kappa shape index (κ1) is 34.7. The van der Waals surface area contributed by atoms with Gasteiger partial charge in [-0.3, -0.25) is 14.4 Å². The Hall–Kier alpha value is -4.17. The van der Waals surface area contributed by atoms with Crippen molar-refractivity contribution in [2.45, 2.75) is 84.7 Å². The van der Waals surface area contributed by atoms with Gasteiger partial charge in [0.05, 0.1) is 24.7 Å². The Morgan fingerprint density at radius 3 is 2.02 bits per heavy atom. The maximum Gasteiger partial charge on any atom is 0.235 e. The van der Waals surface area contributed by atoms with Crippen molar-refractivity contribution >= 4 is 29.0 Å². The molecule has 0 heterocycles. The van der Waals surface area contributed by atoms with Crippen LogP contribution in [0.2, 0.25) is 0 Å². The molecule has 2 amide bonds.